The van der Waals surface area contributed by atoms with Crippen molar-refractivity contribution in [3.05, 3.63) is 90.3 Å². The third kappa shape index (κ3) is 5.41. The van der Waals surface area contributed by atoms with Crippen LogP contribution in [0.1, 0.15) is 21.0 Å². The number of carbonyl (C=O) groups excluding carboxylic acids is 2. The Labute approximate surface area is 198 Å². The Balaban J connectivity index is 1.52. The van der Waals surface area contributed by atoms with Crippen molar-refractivity contribution in [2.24, 2.45) is 0 Å². The van der Waals surface area contributed by atoms with E-state index in [1.165, 1.54) is 23.9 Å². The minimum absolute atomic E-state index is 0.0384. The maximum absolute atomic E-state index is 12.7. The molecule has 178 valence electrons. The Morgan fingerprint density at radius 1 is 0.886 bits per heavy atom. The molecule has 1 heterocycles. The number of aromatic nitrogens is 3. The molecule has 1 aromatic heterocycles. The molecule has 2 amide bonds. The van der Waals surface area contributed by atoms with Crippen molar-refractivity contribution >= 4 is 11.8 Å². The number of amides is 2. The summed E-state index contributed by atoms with van der Waals surface area (Å²) in [6.45, 7) is -3.05. The van der Waals surface area contributed by atoms with E-state index in [0.29, 0.717) is 11.5 Å². The molecular formula is C24H19F2N5O4. The molecule has 4 rings (SSSR count). The summed E-state index contributed by atoms with van der Waals surface area (Å²) in [4.78, 5) is 29.6. The number of halogens is 2. The van der Waals surface area contributed by atoms with E-state index < -0.39 is 18.4 Å². The van der Waals surface area contributed by atoms with Crippen LogP contribution in [0.3, 0.4) is 0 Å². The molecule has 3 aromatic carbocycles. The minimum atomic E-state index is -3.05. The van der Waals surface area contributed by atoms with Crippen molar-refractivity contribution in [1.29, 1.82) is 0 Å². The summed E-state index contributed by atoms with van der Waals surface area (Å²) in [5.41, 5.74) is 5.97. The molecule has 0 unspecified atom stereocenters. The van der Waals surface area contributed by atoms with Gasteiger partial charge in [0.1, 0.15) is 0 Å². The summed E-state index contributed by atoms with van der Waals surface area (Å²) in [5, 5.41) is 4.31. The Morgan fingerprint density at radius 3 is 2.20 bits per heavy atom. The van der Waals surface area contributed by atoms with Gasteiger partial charge in [-0.25, -0.2) is 9.67 Å². The van der Waals surface area contributed by atoms with Crippen molar-refractivity contribution in [2.45, 2.75) is 6.61 Å². The lowest BCUT2D eigenvalue weighted by molar-refractivity contribution is -0.0512. The first-order valence-electron chi connectivity index (χ1n) is 10.3. The molecule has 9 nitrogen and oxygen atoms in total. The lowest BCUT2D eigenvalue weighted by Crippen LogP contribution is -2.42. The molecule has 4 aromatic rings. The first-order valence-corrected chi connectivity index (χ1v) is 10.3. The van der Waals surface area contributed by atoms with Crippen LogP contribution in [0.15, 0.2) is 78.9 Å². The molecule has 0 saturated heterocycles. The molecule has 0 saturated carbocycles. The summed E-state index contributed by atoms with van der Waals surface area (Å²) >= 11 is 0. The fourth-order valence-corrected chi connectivity index (χ4v) is 3.18. The number of alkyl halides is 2. The first-order chi connectivity index (χ1) is 17.0. The average molecular weight is 479 g/mol. The van der Waals surface area contributed by atoms with Gasteiger partial charge < -0.3 is 9.47 Å². The third-order valence-corrected chi connectivity index (χ3v) is 4.77. The highest BCUT2D eigenvalue weighted by Crippen LogP contribution is 2.29. The van der Waals surface area contributed by atoms with Gasteiger partial charge in [0.25, 0.3) is 5.91 Å². The molecule has 0 aliphatic heterocycles. The summed E-state index contributed by atoms with van der Waals surface area (Å²) in [6, 6.07) is 22.0. The number of rotatable bonds is 7. The van der Waals surface area contributed by atoms with Crippen molar-refractivity contribution in [1.82, 2.24) is 25.6 Å². The minimum Gasteiger partial charge on any atom is -0.493 e. The number of hydrogen-bond donors (Lipinski definition) is 2. The molecular weight excluding hydrogens is 460 g/mol. The summed E-state index contributed by atoms with van der Waals surface area (Å²) in [7, 11) is 1.25. The van der Waals surface area contributed by atoms with Crippen molar-refractivity contribution < 1.29 is 27.8 Å². The predicted octanol–water partition coefficient (Wildman–Crippen LogP) is 3.62. The normalized spacial score (nSPS) is 10.6. The van der Waals surface area contributed by atoms with Gasteiger partial charge in [0.05, 0.1) is 12.8 Å². The van der Waals surface area contributed by atoms with Crippen molar-refractivity contribution in [3.8, 4) is 28.6 Å². The molecule has 11 heteroatoms. The summed E-state index contributed by atoms with van der Waals surface area (Å²) in [6.07, 6.45) is 0. The van der Waals surface area contributed by atoms with Crippen LogP contribution < -0.4 is 20.3 Å². The van der Waals surface area contributed by atoms with E-state index in [4.69, 9.17) is 4.74 Å². The molecule has 35 heavy (non-hydrogen) atoms. The quantitative estimate of drug-likeness (QED) is 0.392. The molecule has 0 fully saturated rings. The van der Waals surface area contributed by atoms with Crippen LogP contribution >= 0.6 is 0 Å². The molecule has 0 atom stereocenters. The van der Waals surface area contributed by atoms with E-state index in [0.717, 1.165) is 11.6 Å². The third-order valence-electron chi connectivity index (χ3n) is 4.77. The number of nitrogens with zero attached hydrogens (tertiary/aromatic N) is 3. The van der Waals surface area contributed by atoms with E-state index in [-0.39, 0.29) is 22.9 Å². The highest BCUT2D eigenvalue weighted by molar-refractivity contribution is 5.98. The first kappa shape index (κ1) is 23.4. The van der Waals surface area contributed by atoms with Gasteiger partial charge in [0.2, 0.25) is 5.82 Å². The van der Waals surface area contributed by atoms with Gasteiger partial charge in [-0.15, -0.1) is 5.10 Å². The fourth-order valence-electron chi connectivity index (χ4n) is 3.18. The molecule has 0 radical (unpaired) electrons. The molecule has 0 spiro atoms. The molecule has 0 aliphatic carbocycles. The monoisotopic (exact) mass is 479 g/mol. The zero-order valence-electron chi connectivity index (χ0n) is 18.3. The second kappa shape index (κ2) is 10.4. The lowest BCUT2D eigenvalue weighted by Gasteiger charge is -2.11. The van der Waals surface area contributed by atoms with E-state index in [9.17, 15) is 18.4 Å². The van der Waals surface area contributed by atoms with Crippen molar-refractivity contribution in [3.63, 3.8) is 0 Å². The van der Waals surface area contributed by atoms with Crippen LogP contribution in [0, 0.1) is 0 Å². The second-order valence-corrected chi connectivity index (χ2v) is 7.02. The van der Waals surface area contributed by atoms with Gasteiger partial charge in [-0.1, -0.05) is 48.5 Å². The zero-order valence-corrected chi connectivity index (χ0v) is 18.3. The van der Waals surface area contributed by atoms with Gasteiger partial charge in [-0.2, -0.15) is 8.78 Å². The number of ether oxygens (including phenoxy) is 2. The second-order valence-electron chi connectivity index (χ2n) is 7.02. The van der Waals surface area contributed by atoms with Crippen LogP contribution in [-0.4, -0.2) is 40.3 Å². The standard InChI is InChI=1S/C24H19F2N5O4/c1-34-19-14-16(12-13-18(19)35-24(25)26)22(32)28-29-23(33)20-27-21(15-8-4-2-5-9-15)31(30-20)17-10-6-3-7-11-17/h2-14,24H,1H3,(H,28,32)(H,29,33). The van der Waals surface area contributed by atoms with E-state index in [1.807, 2.05) is 60.7 Å². The molecule has 0 bridgehead atoms. The van der Waals surface area contributed by atoms with Crippen LogP contribution in [0.4, 0.5) is 8.78 Å². The Bertz CT molecular complexity index is 1270. The maximum Gasteiger partial charge on any atom is 0.387 e. The Hall–Kier alpha value is -4.80. The van der Waals surface area contributed by atoms with Crippen LogP contribution in [0.5, 0.6) is 11.5 Å². The summed E-state index contributed by atoms with van der Waals surface area (Å²) in [5.74, 6) is -1.51. The van der Waals surface area contributed by atoms with Gasteiger partial charge >= 0.3 is 12.5 Å². The number of methoxy groups -OCH3 is 1. The van der Waals surface area contributed by atoms with Gasteiger partial charge in [0.15, 0.2) is 17.3 Å². The number of para-hydroxylation sites is 1. The molecule has 0 aliphatic rings. The highest BCUT2D eigenvalue weighted by Gasteiger charge is 2.20. The van der Waals surface area contributed by atoms with Crippen LogP contribution in [0.25, 0.3) is 17.1 Å². The topological polar surface area (TPSA) is 107 Å². The number of carbonyl (C=O) groups is 2. The SMILES string of the molecule is COc1cc(C(=O)NNC(=O)c2nc(-c3ccccc3)n(-c3ccccc3)n2)ccc1OC(F)F. The highest BCUT2D eigenvalue weighted by atomic mass is 19.3. The largest absolute Gasteiger partial charge is 0.493 e. The van der Waals surface area contributed by atoms with E-state index in [1.54, 1.807) is 0 Å². The zero-order chi connectivity index (χ0) is 24.8. The number of benzene rings is 3. The van der Waals surface area contributed by atoms with Crippen LogP contribution in [0.2, 0.25) is 0 Å². The molecule has 2 N–H and O–H groups in total. The predicted molar refractivity (Wildman–Crippen MR) is 121 cm³/mol. The van der Waals surface area contributed by atoms with Gasteiger partial charge in [0, 0.05) is 11.1 Å². The van der Waals surface area contributed by atoms with E-state index in [2.05, 4.69) is 25.7 Å². The maximum atomic E-state index is 12.7. The van der Waals surface area contributed by atoms with Gasteiger partial charge in [-0.05, 0) is 30.3 Å². The smallest absolute Gasteiger partial charge is 0.387 e. The number of nitrogens with one attached hydrogen (secondary N) is 2. The lowest BCUT2D eigenvalue weighted by atomic mass is 10.2. The fraction of sp³-hybridized carbons (Fsp3) is 0.0833. The number of hydrogen-bond acceptors (Lipinski definition) is 6. The number of hydrazine groups is 1. The summed E-state index contributed by atoms with van der Waals surface area (Å²) < 4.78 is 35.8. The average Bonchev–Trinajstić information content (AvgIpc) is 3.34. The Morgan fingerprint density at radius 2 is 1.54 bits per heavy atom. The van der Waals surface area contributed by atoms with Gasteiger partial charge in [-0.3, -0.25) is 20.4 Å². The van der Waals surface area contributed by atoms with Crippen molar-refractivity contribution in [2.75, 3.05) is 7.11 Å². The van der Waals surface area contributed by atoms with Crippen LogP contribution in [-0.2, 0) is 0 Å². The Kier molecular flexibility index (Phi) is 6.96. The van der Waals surface area contributed by atoms with E-state index >= 15 is 0 Å².